The second-order valence-electron chi connectivity index (χ2n) is 5.16. The summed E-state index contributed by atoms with van der Waals surface area (Å²) in [6, 6.07) is 8.52. The Kier molecular flexibility index (Phi) is 3.29. The van der Waals surface area contributed by atoms with Crippen LogP contribution in [-0.4, -0.2) is 29.5 Å². The predicted octanol–water partition coefficient (Wildman–Crippen LogP) is 3.05. The number of imide groups is 1. The van der Waals surface area contributed by atoms with Crippen molar-refractivity contribution in [3.05, 3.63) is 47.0 Å². The Labute approximate surface area is 122 Å². The Hall–Kier alpha value is -2.49. The van der Waals surface area contributed by atoms with E-state index in [9.17, 15) is 14.4 Å². The fraction of sp³-hybridized carbons (Fsp3) is 0.235. The molecule has 1 heterocycles. The summed E-state index contributed by atoms with van der Waals surface area (Å²) in [6.45, 7) is 2.45. The summed E-state index contributed by atoms with van der Waals surface area (Å²) in [5.74, 6) is -0.538. The van der Waals surface area contributed by atoms with Crippen molar-refractivity contribution < 1.29 is 14.4 Å². The first-order valence-corrected chi connectivity index (χ1v) is 7.06. The molecule has 0 aliphatic carbocycles. The zero-order valence-electron chi connectivity index (χ0n) is 11.8. The maximum atomic E-state index is 12.5. The minimum atomic E-state index is -0.269. The summed E-state index contributed by atoms with van der Waals surface area (Å²) in [5, 5.41) is 1.27. The summed E-state index contributed by atoms with van der Waals surface area (Å²) >= 11 is 0. The van der Waals surface area contributed by atoms with Crippen LogP contribution in [-0.2, 0) is 0 Å². The van der Waals surface area contributed by atoms with Gasteiger partial charge in [0.05, 0.1) is 0 Å². The van der Waals surface area contributed by atoms with Crippen LogP contribution in [0.5, 0.6) is 0 Å². The highest BCUT2D eigenvalue weighted by atomic mass is 16.2. The molecule has 0 saturated carbocycles. The monoisotopic (exact) mass is 281 g/mol. The molecule has 4 heteroatoms. The van der Waals surface area contributed by atoms with Gasteiger partial charge in [-0.1, -0.05) is 31.5 Å². The Morgan fingerprint density at radius 1 is 1.05 bits per heavy atom. The molecule has 2 aromatic carbocycles. The molecule has 0 saturated heterocycles. The van der Waals surface area contributed by atoms with Gasteiger partial charge in [0, 0.05) is 28.6 Å². The molecule has 0 aromatic heterocycles. The highest BCUT2D eigenvalue weighted by Crippen LogP contribution is 2.31. The lowest BCUT2D eigenvalue weighted by Crippen LogP contribution is -2.40. The lowest BCUT2D eigenvalue weighted by molar-refractivity contribution is 0.0608. The van der Waals surface area contributed by atoms with Gasteiger partial charge in [-0.25, -0.2) is 0 Å². The molecule has 3 rings (SSSR count). The van der Waals surface area contributed by atoms with Crippen LogP contribution in [0.25, 0.3) is 10.8 Å². The molecule has 0 unspecified atom stereocenters. The van der Waals surface area contributed by atoms with Gasteiger partial charge in [-0.3, -0.25) is 19.3 Å². The van der Waals surface area contributed by atoms with Crippen molar-refractivity contribution in [1.29, 1.82) is 0 Å². The van der Waals surface area contributed by atoms with E-state index in [2.05, 4.69) is 0 Å². The van der Waals surface area contributed by atoms with Crippen molar-refractivity contribution in [3.8, 4) is 0 Å². The number of hydrogen-bond acceptors (Lipinski definition) is 3. The molecule has 106 valence electrons. The maximum Gasteiger partial charge on any atom is 0.261 e. The van der Waals surface area contributed by atoms with Gasteiger partial charge in [0.15, 0.2) is 6.29 Å². The van der Waals surface area contributed by atoms with E-state index < -0.39 is 0 Å². The van der Waals surface area contributed by atoms with E-state index in [1.807, 2.05) is 6.92 Å². The van der Waals surface area contributed by atoms with Crippen molar-refractivity contribution in [2.45, 2.75) is 19.8 Å². The van der Waals surface area contributed by atoms with Gasteiger partial charge in [-0.2, -0.15) is 0 Å². The van der Waals surface area contributed by atoms with Crippen LogP contribution < -0.4 is 0 Å². The van der Waals surface area contributed by atoms with Crippen LogP contribution in [0.4, 0.5) is 0 Å². The van der Waals surface area contributed by atoms with Crippen LogP contribution in [0.2, 0.25) is 0 Å². The van der Waals surface area contributed by atoms with E-state index in [4.69, 9.17) is 0 Å². The molecular formula is C17H15NO3. The lowest BCUT2D eigenvalue weighted by Gasteiger charge is -2.27. The topological polar surface area (TPSA) is 54.5 Å². The highest BCUT2D eigenvalue weighted by molar-refractivity contribution is 6.26. The number of aldehydes is 1. The van der Waals surface area contributed by atoms with E-state index in [0.717, 1.165) is 19.1 Å². The molecule has 1 aliphatic heterocycles. The van der Waals surface area contributed by atoms with Gasteiger partial charge in [-0.15, -0.1) is 0 Å². The zero-order chi connectivity index (χ0) is 15.0. The van der Waals surface area contributed by atoms with E-state index >= 15 is 0 Å². The molecule has 0 radical (unpaired) electrons. The molecule has 0 atom stereocenters. The van der Waals surface area contributed by atoms with Gasteiger partial charge < -0.3 is 0 Å². The zero-order valence-corrected chi connectivity index (χ0v) is 11.8. The predicted molar refractivity (Wildman–Crippen MR) is 79.6 cm³/mol. The second-order valence-corrected chi connectivity index (χ2v) is 5.16. The largest absolute Gasteiger partial charge is 0.298 e. The van der Waals surface area contributed by atoms with Gasteiger partial charge in [0.1, 0.15) is 0 Å². The van der Waals surface area contributed by atoms with E-state index in [0.29, 0.717) is 34.0 Å². The number of benzene rings is 2. The van der Waals surface area contributed by atoms with Crippen LogP contribution in [0, 0.1) is 0 Å². The fourth-order valence-electron chi connectivity index (χ4n) is 2.79. The number of nitrogens with zero attached hydrogens (tertiary/aromatic N) is 1. The van der Waals surface area contributed by atoms with Crippen LogP contribution in [0.15, 0.2) is 30.3 Å². The standard InChI is InChI=1S/C17H15NO3/c1-2-3-9-18-16(20)13-6-4-5-12-11(10-19)7-8-14(15(12)13)17(18)21/h4-8,10H,2-3,9H2,1H3. The molecule has 1 aliphatic rings. The van der Waals surface area contributed by atoms with Gasteiger partial charge in [0.25, 0.3) is 11.8 Å². The summed E-state index contributed by atoms with van der Waals surface area (Å²) in [7, 11) is 0. The molecule has 2 aromatic rings. The number of amides is 2. The Balaban J connectivity index is 2.25. The van der Waals surface area contributed by atoms with Crippen molar-refractivity contribution in [3.63, 3.8) is 0 Å². The van der Waals surface area contributed by atoms with E-state index in [-0.39, 0.29) is 11.8 Å². The van der Waals surface area contributed by atoms with Crippen molar-refractivity contribution in [2.24, 2.45) is 0 Å². The third-order valence-electron chi connectivity index (χ3n) is 3.89. The van der Waals surface area contributed by atoms with Crippen LogP contribution >= 0.6 is 0 Å². The fourth-order valence-corrected chi connectivity index (χ4v) is 2.79. The first-order chi connectivity index (χ1) is 10.2. The van der Waals surface area contributed by atoms with Crippen molar-refractivity contribution >= 4 is 28.9 Å². The van der Waals surface area contributed by atoms with Crippen LogP contribution in [0.1, 0.15) is 50.8 Å². The summed E-state index contributed by atoms with van der Waals surface area (Å²) in [6.07, 6.45) is 2.45. The molecule has 0 bridgehead atoms. The molecule has 4 nitrogen and oxygen atoms in total. The summed E-state index contributed by atoms with van der Waals surface area (Å²) in [5.41, 5.74) is 1.50. The average Bonchev–Trinajstić information content (AvgIpc) is 2.52. The van der Waals surface area contributed by atoms with Crippen LogP contribution in [0.3, 0.4) is 0 Å². The highest BCUT2D eigenvalue weighted by Gasteiger charge is 2.32. The average molecular weight is 281 g/mol. The lowest BCUT2D eigenvalue weighted by atomic mass is 9.91. The first kappa shape index (κ1) is 13.5. The number of carbonyl (C=O) groups excluding carboxylic acids is 3. The smallest absolute Gasteiger partial charge is 0.261 e. The molecule has 0 spiro atoms. The number of hydrogen-bond donors (Lipinski definition) is 0. The van der Waals surface area contributed by atoms with Crippen molar-refractivity contribution in [2.75, 3.05) is 6.54 Å². The molecule has 0 fully saturated rings. The third-order valence-corrected chi connectivity index (χ3v) is 3.89. The molecule has 21 heavy (non-hydrogen) atoms. The van der Waals surface area contributed by atoms with Crippen molar-refractivity contribution in [1.82, 2.24) is 4.90 Å². The summed E-state index contributed by atoms with van der Waals surface area (Å²) in [4.78, 5) is 37.5. The minimum absolute atomic E-state index is 0.269. The SMILES string of the molecule is CCCCN1C(=O)c2cccc3c(C=O)ccc(c23)C1=O. The number of carbonyl (C=O) groups is 3. The second kappa shape index (κ2) is 5.13. The third kappa shape index (κ3) is 1.95. The quantitative estimate of drug-likeness (QED) is 0.639. The minimum Gasteiger partial charge on any atom is -0.298 e. The Morgan fingerprint density at radius 2 is 1.76 bits per heavy atom. The van der Waals surface area contributed by atoms with Gasteiger partial charge >= 0.3 is 0 Å². The Bertz CT molecular complexity index is 742. The first-order valence-electron chi connectivity index (χ1n) is 7.06. The Morgan fingerprint density at radius 3 is 2.43 bits per heavy atom. The van der Waals surface area contributed by atoms with Gasteiger partial charge in [-0.05, 0) is 23.9 Å². The number of rotatable bonds is 4. The normalized spacial score (nSPS) is 13.9. The molecule has 2 amide bonds. The number of unbranched alkanes of at least 4 members (excludes halogenated alkanes) is 1. The van der Waals surface area contributed by atoms with Gasteiger partial charge in [0.2, 0.25) is 0 Å². The molecular weight excluding hydrogens is 266 g/mol. The van der Waals surface area contributed by atoms with E-state index in [1.165, 1.54) is 4.90 Å². The summed E-state index contributed by atoms with van der Waals surface area (Å²) < 4.78 is 0. The van der Waals surface area contributed by atoms with E-state index in [1.54, 1.807) is 30.3 Å². The molecule has 0 N–H and O–H groups in total. The maximum absolute atomic E-state index is 12.5.